The molecule has 2 aromatic carbocycles. The Morgan fingerprint density at radius 2 is 1.76 bits per heavy atom. The van der Waals surface area contributed by atoms with Crippen LogP contribution in [-0.4, -0.2) is 34.1 Å². The second kappa shape index (κ2) is 8.24. The number of carbonyl (C=O) groups is 3. The minimum absolute atomic E-state index is 0.0207. The molecule has 8 heteroatoms. The van der Waals surface area contributed by atoms with Crippen LogP contribution in [0.5, 0.6) is 5.75 Å². The van der Waals surface area contributed by atoms with Crippen LogP contribution in [0, 0.1) is 6.92 Å². The van der Waals surface area contributed by atoms with Gasteiger partial charge in [-0.1, -0.05) is 29.8 Å². The Morgan fingerprint density at radius 3 is 2.34 bits per heavy atom. The van der Waals surface area contributed by atoms with E-state index in [1.165, 1.54) is 17.9 Å². The number of aryl methyl sites for hydroxylation is 1. The van der Waals surface area contributed by atoms with Gasteiger partial charge in [-0.2, -0.15) is 0 Å². The van der Waals surface area contributed by atoms with Gasteiger partial charge >= 0.3 is 5.97 Å². The molecule has 1 heterocycles. The summed E-state index contributed by atoms with van der Waals surface area (Å²) in [6.45, 7) is 3.35. The molecule has 1 fully saturated rings. The first-order valence-corrected chi connectivity index (χ1v) is 9.15. The van der Waals surface area contributed by atoms with Crippen molar-refractivity contribution in [1.29, 1.82) is 0 Å². The molecule has 0 aliphatic carbocycles. The molecule has 1 aliphatic rings. The van der Waals surface area contributed by atoms with E-state index in [1.54, 1.807) is 36.4 Å². The number of amides is 2. The highest BCUT2D eigenvalue weighted by Crippen LogP contribution is 2.23. The van der Waals surface area contributed by atoms with Crippen molar-refractivity contribution < 1.29 is 24.2 Å². The molecule has 0 bridgehead atoms. The Morgan fingerprint density at radius 1 is 1.14 bits per heavy atom. The van der Waals surface area contributed by atoms with Gasteiger partial charge in [0.1, 0.15) is 11.3 Å². The SMILES string of the molecule is Cc1ccc(N2C(=O)/C(=C\c3ccc(OC(C)C(=O)O)cc3)C(=O)NC2=S)cc1. The van der Waals surface area contributed by atoms with Crippen molar-refractivity contribution in [1.82, 2.24) is 5.32 Å². The van der Waals surface area contributed by atoms with Crippen LogP contribution < -0.4 is 15.0 Å². The topological polar surface area (TPSA) is 95.9 Å². The standard InChI is InChI=1S/C21H18N2O5S/c1-12-3-7-15(8-4-12)23-19(25)17(18(24)22-21(23)29)11-14-5-9-16(10-6-14)28-13(2)20(26)27/h3-11,13H,1-2H3,(H,26,27)(H,22,24,29)/b17-11-. The highest BCUT2D eigenvalue weighted by atomic mass is 32.1. The van der Waals surface area contributed by atoms with E-state index in [4.69, 9.17) is 22.1 Å². The molecule has 0 aromatic heterocycles. The summed E-state index contributed by atoms with van der Waals surface area (Å²) in [7, 11) is 0. The first kappa shape index (κ1) is 20.2. The molecule has 1 unspecified atom stereocenters. The fraction of sp³-hybridized carbons (Fsp3) is 0.143. The molecular weight excluding hydrogens is 392 g/mol. The molecule has 1 saturated heterocycles. The van der Waals surface area contributed by atoms with E-state index in [0.29, 0.717) is 17.0 Å². The van der Waals surface area contributed by atoms with Crippen LogP contribution in [-0.2, 0) is 14.4 Å². The Kier molecular flexibility index (Phi) is 5.74. The molecular formula is C21H18N2O5S. The molecule has 1 atom stereocenters. The van der Waals surface area contributed by atoms with E-state index in [-0.39, 0.29) is 10.7 Å². The summed E-state index contributed by atoms with van der Waals surface area (Å²) in [5.41, 5.74) is 2.11. The van der Waals surface area contributed by atoms with Gasteiger partial charge in [0.2, 0.25) is 0 Å². The Balaban J connectivity index is 1.86. The second-order valence-electron chi connectivity index (χ2n) is 6.46. The predicted octanol–water partition coefficient (Wildman–Crippen LogP) is 2.68. The molecule has 2 amide bonds. The number of thiocarbonyl (C=S) groups is 1. The summed E-state index contributed by atoms with van der Waals surface area (Å²) in [6, 6.07) is 13.6. The summed E-state index contributed by atoms with van der Waals surface area (Å²) in [4.78, 5) is 37.4. The molecule has 29 heavy (non-hydrogen) atoms. The minimum atomic E-state index is -1.08. The van der Waals surface area contributed by atoms with E-state index in [1.807, 2.05) is 19.1 Å². The third kappa shape index (κ3) is 4.49. The lowest BCUT2D eigenvalue weighted by atomic mass is 10.1. The molecule has 0 radical (unpaired) electrons. The van der Waals surface area contributed by atoms with E-state index in [9.17, 15) is 14.4 Å². The normalized spacial score (nSPS) is 16.6. The number of hydrogen-bond acceptors (Lipinski definition) is 5. The van der Waals surface area contributed by atoms with Crippen molar-refractivity contribution in [2.45, 2.75) is 20.0 Å². The molecule has 3 rings (SSSR count). The summed E-state index contributed by atoms with van der Waals surface area (Å²) >= 11 is 5.17. The molecule has 1 aliphatic heterocycles. The number of anilines is 1. The second-order valence-corrected chi connectivity index (χ2v) is 6.85. The fourth-order valence-corrected chi connectivity index (χ4v) is 2.93. The van der Waals surface area contributed by atoms with Crippen molar-refractivity contribution in [2.24, 2.45) is 0 Å². The van der Waals surface area contributed by atoms with Crippen LogP contribution in [0.15, 0.2) is 54.1 Å². The van der Waals surface area contributed by atoms with Crippen LogP contribution in [0.1, 0.15) is 18.1 Å². The maximum atomic E-state index is 12.9. The van der Waals surface area contributed by atoms with E-state index in [0.717, 1.165) is 5.56 Å². The van der Waals surface area contributed by atoms with Gasteiger partial charge in [0, 0.05) is 0 Å². The monoisotopic (exact) mass is 410 g/mol. The quantitative estimate of drug-likeness (QED) is 0.447. The summed E-state index contributed by atoms with van der Waals surface area (Å²) < 4.78 is 5.27. The number of nitrogens with zero attached hydrogens (tertiary/aromatic N) is 1. The number of carboxylic acid groups (broad SMARTS) is 1. The number of carbonyl (C=O) groups excluding carboxylic acids is 2. The lowest BCUT2D eigenvalue weighted by Gasteiger charge is -2.29. The first-order valence-electron chi connectivity index (χ1n) is 8.74. The lowest BCUT2D eigenvalue weighted by Crippen LogP contribution is -2.54. The Hall–Kier alpha value is -3.52. The first-order chi connectivity index (χ1) is 13.8. The van der Waals surface area contributed by atoms with Crippen molar-refractivity contribution in [3.8, 4) is 5.75 Å². The number of aliphatic carboxylic acids is 1. The maximum absolute atomic E-state index is 12.9. The van der Waals surface area contributed by atoms with Crippen LogP contribution in [0.3, 0.4) is 0 Å². The number of ether oxygens (including phenoxy) is 1. The predicted molar refractivity (Wildman–Crippen MR) is 112 cm³/mol. The van der Waals surface area contributed by atoms with Gasteiger partial charge in [0.05, 0.1) is 5.69 Å². The summed E-state index contributed by atoms with van der Waals surface area (Å²) in [5, 5.41) is 11.4. The third-order valence-electron chi connectivity index (χ3n) is 4.25. The number of benzene rings is 2. The lowest BCUT2D eigenvalue weighted by molar-refractivity contribution is -0.144. The van der Waals surface area contributed by atoms with Gasteiger partial charge in [-0.05, 0) is 62.0 Å². The fourth-order valence-electron chi connectivity index (χ4n) is 2.65. The smallest absolute Gasteiger partial charge is 0.344 e. The van der Waals surface area contributed by atoms with Crippen molar-refractivity contribution >= 4 is 46.9 Å². The number of hydrogen-bond donors (Lipinski definition) is 2. The Bertz CT molecular complexity index is 1010. The van der Waals surface area contributed by atoms with E-state index >= 15 is 0 Å². The largest absolute Gasteiger partial charge is 0.479 e. The van der Waals surface area contributed by atoms with Gasteiger partial charge in [-0.25, -0.2) is 4.79 Å². The van der Waals surface area contributed by atoms with E-state index in [2.05, 4.69) is 5.32 Å². The van der Waals surface area contributed by atoms with Crippen molar-refractivity contribution in [2.75, 3.05) is 4.90 Å². The van der Waals surface area contributed by atoms with Gasteiger partial charge in [0.15, 0.2) is 11.2 Å². The molecule has 2 N–H and O–H groups in total. The summed E-state index contributed by atoms with van der Waals surface area (Å²) in [5.74, 6) is -1.82. The Labute approximate surface area is 172 Å². The van der Waals surface area contributed by atoms with Gasteiger partial charge in [-0.15, -0.1) is 0 Å². The van der Waals surface area contributed by atoms with Crippen LogP contribution in [0.4, 0.5) is 5.69 Å². The average Bonchev–Trinajstić information content (AvgIpc) is 2.67. The van der Waals surface area contributed by atoms with Gasteiger partial charge in [0.25, 0.3) is 11.8 Å². The molecule has 0 spiro atoms. The number of nitrogens with one attached hydrogen (secondary N) is 1. The maximum Gasteiger partial charge on any atom is 0.344 e. The van der Waals surface area contributed by atoms with Crippen molar-refractivity contribution in [3.05, 3.63) is 65.2 Å². The zero-order valence-electron chi connectivity index (χ0n) is 15.7. The molecule has 148 valence electrons. The zero-order chi connectivity index (χ0) is 21.1. The molecule has 2 aromatic rings. The van der Waals surface area contributed by atoms with Crippen LogP contribution in [0.25, 0.3) is 6.08 Å². The van der Waals surface area contributed by atoms with Gasteiger partial charge < -0.3 is 9.84 Å². The van der Waals surface area contributed by atoms with E-state index < -0.39 is 23.9 Å². The van der Waals surface area contributed by atoms with Crippen LogP contribution in [0.2, 0.25) is 0 Å². The molecule has 0 saturated carbocycles. The van der Waals surface area contributed by atoms with Crippen LogP contribution >= 0.6 is 12.2 Å². The highest BCUT2D eigenvalue weighted by Gasteiger charge is 2.34. The zero-order valence-corrected chi connectivity index (χ0v) is 16.5. The molecule has 7 nitrogen and oxygen atoms in total. The minimum Gasteiger partial charge on any atom is -0.479 e. The van der Waals surface area contributed by atoms with Crippen molar-refractivity contribution in [3.63, 3.8) is 0 Å². The third-order valence-corrected chi connectivity index (χ3v) is 4.53. The highest BCUT2D eigenvalue weighted by molar-refractivity contribution is 7.80. The van der Waals surface area contributed by atoms with Gasteiger partial charge in [-0.3, -0.25) is 19.8 Å². The number of rotatable bonds is 5. The summed E-state index contributed by atoms with van der Waals surface area (Å²) in [6.07, 6.45) is 0.458. The number of carboxylic acids is 1. The average molecular weight is 410 g/mol.